The summed E-state index contributed by atoms with van der Waals surface area (Å²) < 4.78 is 41.2. The lowest BCUT2D eigenvalue weighted by molar-refractivity contribution is -0.136. The van der Waals surface area contributed by atoms with E-state index in [-0.39, 0.29) is 25.6 Å². The molecule has 0 bridgehead atoms. The predicted molar refractivity (Wildman–Crippen MR) is 76.3 cm³/mol. The Morgan fingerprint density at radius 3 is 2.32 bits per heavy atom. The van der Waals surface area contributed by atoms with E-state index < -0.39 is 18.8 Å². The van der Waals surface area contributed by atoms with Crippen molar-refractivity contribution in [2.45, 2.75) is 38.1 Å². The highest BCUT2D eigenvalue weighted by atomic mass is 19.4. The molecule has 0 spiro atoms. The molecule has 7 heteroatoms. The van der Waals surface area contributed by atoms with E-state index >= 15 is 0 Å². The van der Waals surface area contributed by atoms with Crippen LogP contribution in [-0.4, -0.2) is 35.8 Å². The highest BCUT2D eigenvalue weighted by Crippen LogP contribution is 2.22. The Bertz CT molecular complexity index is 421. The molecule has 2 unspecified atom stereocenters. The Morgan fingerprint density at radius 2 is 1.82 bits per heavy atom. The van der Waals surface area contributed by atoms with Crippen molar-refractivity contribution in [3.05, 3.63) is 29.8 Å². The van der Waals surface area contributed by atoms with E-state index in [0.29, 0.717) is 18.6 Å². The van der Waals surface area contributed by atoms with Gasteiger partial charge in [0.2, 0.25) is 0 Å². The molecule has 0 fully saturated rings. The van der Waals surface area contributed by atoms with Gasteiger partial charge in [-0.25, -0.2) is 0 Å². The van der Waals surface area contributed by atoms with Crippen LogP contribution in [0.3, 0.4) is 0 Å². The molecule has 22 heavy (non-hydrogen) atoms. The van der Waals surface area contributed by atoms with Gasteiger partial charge < -0.3 is 20.7 Å². The second-order valence-corrected chi connectivity index (χ2v) is 5.18. The number of rotatable bonds is 9. The summed E-state index contributed by atoms with van der Waals surface area (Å²) in [5.74, 6) is 0.141. The van der Waals surface area contributed by atoms with Gasteiger partial charge in [0, 0.05) is 18.9 Å². The van der Waals surface area contributed by atoms with Crippen molar-refractivity contribution in [3.8, 4) is 5.75 Å². The Labute approximate surface area is 127 Å². The minimum Gasteiger partial charge on any atom is -0.494 e. The molecule has 0 saturated carbocycles. The number of nitrogens with two attached hydrogens (primary N) is 1. The molecule has 1 aromatic carbocycles. The van der Waals surface area contributed by atoms with Gasteiger partial charge in [0.25, 0.3) is 0 Å². The first-order chi connectivity index (χ1) is 10.3. The van der Waals surface area contributed by atoms with Crippen LogP contribution >= 0.6 is 0 Å². The molecule has 0 aliphatic heterocycles. The van der Waals surface area contributed by atoms with Crippen LogP contribution in [0.1, 0.15) is 24.8 Å². The molecule has 0 radical (unpaired) electrons. The molecule has 0 saturated heterocycles. The number of benzene rings is 1. The Balaban J connectivity index is 2.34. The Morgan fingerprint density at radius 1 is 1.18 bits per heavy atom. The van der Waals surface area contributed by atoms with Crippen LogP contribution in [-0.2, 0) is 6.42 Å². The SMILES string of the molecule is NC(O)C(CO)CCc1ccc(OCCCC(F)(F)F)cc1. The second-order valence-electron chi connectivity index (χ2n) is 5.18. The maximum atomic E-state index is 12.0. The maximum Gasteiger partial charge on any atom is 0.389 e. The van der Waals surface area contributed by atoms with Gasteiger partial charge in [-0.05, 0) is 37.0 Å². The number of alkyl halides is 3. The highest BCUT2D eigenvalue weighted by Gasteiger charge is 2.26. The zero-order valence-electron chi connectivity index (χ0n) is 12.2. The summed E-state index contributed by atoms with van der Waals surface area (Å²) in [6.45, 7) is -0.164. The molecule has 1 rings (SSSR count). The van der Waals surface area contributed by atoms with Crippen molar-refractivity contribution in [2.75, 3.05) is 13.2 Å². The van der Waals surface area contributed by atoms with Gasteiger partial charge in [0.15, 0.2) is 0 Å². The first-order valence-electron chi connectivity index (χ1n) is 7.15. The summed E-state index contributed by atoms with van der Waals surface area (Å²) >= 11 is 0. The third kappa shape index (κ3) is 7.63. The molecule has 4 nitrogen and oxygen atoms in total. The van der Waals surface area contributed by atoms with Crippen LogP contribution < -0.4 is 10.5 Å². The number of halogens is 3. The average molecular weight is 321 g/mol. The van der Waals surface area contributed by atoms with Crippen LogP contribution in [0.2, 0.25) is 0 Å². The third-order valence-corrected chi connectivity index (χ3v) is 3.32. The van der Waals surface area contributed by atoms with Crippen LogP contribution in [0.25, 0.3) is 0 Å². The number of ether oxygens (including phenoxy) is 1. The van der Waals surface area contributed by atoms with Gasteiger partial charge >= 0.3 is 6.18 Å². The predicted octanol–water partition coefficient (Wildman–Crippen LogP) is 2.23. The maximum absolute atomic E-state index is 12.0. The monoisotopic (exact) mass is 321 g/mol. The molecule has 0 amide bonds. The van der Waals surface area contributed by atoms with Crippen LogP contribution in [0, 0.1) is 5.92 Å². The zero-order chi connectivity index (χ0) is 16.6. The number of aliphatic hydroxyl groups is 2. The lowest BCUT2D eigenvalue weighted by Gasteiger charge is -2.16. The van der Waals surface area contributed by atoms with E-state index in [1.807, 2.05) is 0 Å². The summed E-state index contributed by atoms with van der Waals surface area (Å²) in [4.78, 5) is 0. The zero-order valence-corrected chi connectivity index (χ0v) is 12.2. The van der Waals surface area contributed by atoms with Crippen molar-refractivity contribution in [1.82, 2.24) is 0 Å². The Kier molecular flexibility index (Phi) is 7.64. The molecule has 1 aromatic rings. The standard InChI is InChI=1S/C15H22F3NO3/c16-15(17,18)8-1-9-22-13-6-3-11(4-7-13)2-5-12(10-20)14(19)21/h3-4,6-7,12,14,20-21H,1-2,5,8-10,19H2. The fraction of sp³-hybridized carbons (Fsp3) is 0.600. The summed E-state index contributed by atoms with van der Waals surface area (Å²) in [5, 5.41) is 18.3. The molecule has 0 aromatic heterocycles. The topological polar surface area (TPSA) is 75.7 Å². The lowest BCUT2D eigenvalue weighted by atomic mass is 9.99. The first kappa shape index (κ1) is 18.7. The van der Waals surface area contributed by atoms with Gasteiger partial charge in [0.1, 0.15) is 12.0 Å². The van der Waals surface area contributed by atoms with Crippen LogP contribution in [0.4, 0.5) is 13.2 Å². The van der Waals surface area contributed by atoms with Gasteiger partial charge in [-0.2, -0.15) is 13.2 Å². The molecule has 2 atom stereocenters. The van der Waals surface area contributed by atoms with Gasteiger partial charge in [0.05, 0.1) is 6.61 Å². The lowest BCUT2D eigenvalue weighted by Crippen LogP contribution is -2.32. The molecule has 4 N–H and O–H groups in total. The van der Waals surface area contributed by atoms with Crippen molar-refractivity contribution in [1.29, 1.82) is 0 Å². The number of hydrogen-bond donors (Lipinski definition) is 3. The minimum absolute atomic E-state index is 0.0187. The summed E-state index contributed by atoms with van der Waals surface area (Å²) in [5.41, 5.74) is 6.30. The highest BCUT2D eigenvalue weighted by molar-refractivity contribution is 5.27. The molecular formula is C15H22F3NO3. The van der Waals surface area contributed by atoms with Crippen molar-refractivity contribution >= 4 is 0 Å². The van der Waals surface area contributed by atoms with Gasteiger partial charge in [-0.1, -0.05) is 12.1 Å². The number of aryl methyl sites for hydroxylation is 1. The molecular weight excluding hydrogens is 299 g/mol. The molecule has 0 aliphatic carbocycles. The van der Waals surface area contributed by atoms with E-state index in [9.17, 15) is 18.3 Å². The number of aliphatic hydroxyl groups excluding tert-OH is 2. The largest absolute Gasteiger partial charge is 0.494 e. The van der Waals surface area contributed by atoms with Crippen LogP contribution in [0.15, 0.2) is 24.3 Å². The van der Waals surface area contributed by atoms with Crippen molar-refractivity contribution in [2.24, 2.45) is 11.7 Å². The van der Waals surface area contributed by atoms with Gasteiger partial charge in [-0.3, -0.25) is 0 Å². The molecule has 126 valence electrons. The van der Waals surface area contributed by atoms with Crippen molar-refractivity contribution in [3.63, 3.8) is 0 Å². The quantitative estimate of drug-likeness (QED) is 0.481. The minimum atomic E-state index is -4.15. The van der Waals surface area contributed by atoms with E-state index in [0.717, 1.165) is 5.56 Å². The van der Waals surface area contributed by atoms with E-state index in [2.05, 4.69) is 0 Å². The summed E-state index contributed by atoms with van der Waals surface area (Å²) in [6, 6.07) is 6.98. The smallest absolute Gasteiger partial charge is 0.389 e. The average Bonchev–Trinajstić information content (AvgIpc) is 2.44. The van der Waals surface area contributed by atoms with E-state index in [1.54, 1.807) is 24.3 Å². The first-order valence-corrected chi connectivity index (χ1v) is 7.15. The fourth-order valence-corrected chi connectivity index (χ4v) is 1.94. The number of hydrogen-bond acceptors (Lipinski definition) is 4. The second kappa shape index (κ2) is 8.97. The van der Waals surface area contributed by atoms with E-state index in [1.165, 1.54) is 0 Å². The fourth-order valence-electron chi connectivity index (χ4n) is 1.94. The normalized spacial score (nSPS) is 14.6. The van der Waals surface area contributed by atoms with Gasteiger partial charge in [-0.15, -0.1) is 0 Å². The van der Waals surface area contributed by atoms with E-state index in [4.69, 9.17) is 15.6 Å². The summed E-state index contributed by atoms with van der Waals surface area (Å²) in [7, 11) is 0. The molecule has 0 aliphatic rings. The third-order valence-electron chi connectivity index (χ3n) is 3.32. The van der Waals surface area contributed by atoms with Crippen molar-refractivity contribution < 1.29 is 28.1 Å². The summed E-state index contributed by atoms with van der Waals surface area (Å²) in [6.07, 6.45) is -4.95. The molecule has 0 heterocycles. The van der Waals surface area contributed by atoms with Crippen LogP contribution in [0.5, 0.6) is 5.75 Å². The Hall–Kier alpha value is -1.31.